The van der Waals surface area contributed by atoms with Crippen LogP contribution in [0.4, 0.5) is 9.59 Å². The molecule has 1 atom stereocenters. The lowest BCUT2D eigenvalue weighted by Gasteiger charge is -2.15. The van der Waals surface area contributed by atoms with Crippen LogP contribution in [0.5, 0.6) is 0 Å². The summed E-state index contributed by atoms with van der Waals surface area (Å²) in [6, 6.07) is -0.474. The third-order valence-corrected chi connectivity index (χ3v) is 1.34. The molecule has 7 nitrogen and oxygen atoms in total. The predicted molar refractivity (Wildman–Crippen MR) is 44.6 cm³/mol. The van der Waals surface area contributed by atoms with E-state index in [1.807, 2.05) is 0 Å². The molecule has 7 heteroatoms. The molecule has 6 N–H and O–H groups in total. The number of carboxylic acid groups (broad SMARTS) is 2. The van der Waals surface area contributed by atoms with Crippen molar-refractivity contribution in [1.29, 1.82) is 0 Å². The normalized spacial score (nSPS) is 11.8. The van der Waals surface area contributed by atoms with Crippen LogP contribution in [0, 0.1) is 0 Å². The summed E-state index contributed by atoms with van der Waals surface area (Å²) in [6.07, 6.45) is -1.98. The lowest BCUT2D eigenvalue weighted by molar-refractivity contribution is 0.183. The Morgan fingerprint density at radius 3 is 2.31 bits per heavy atom. The maximum Gasteiger partial charge on any atom is 0.404 e. The second kappa shape index (κ2) is 6.06. The van der Waals surface area contributed by atoms with Gasteiger partial charge in [-0.3, -0.25) is 0 Å². The van der Waals surface area contributed by atoms with E-state index in [0.717, 1.165) is 0 Å². The monoisotopic (exact) mass is 191 g/mol. The van der Waals surface area contributed by atoms with Crippen molar-refractivity contribution in [2.75, 3.05) is 13.1 Å². The minimum atomic E-state index is -1.19. The van der Waals surface area contributed by atoms with Crippen LogP contribution in [-0.4, -0.2) is 41.5 Å². The van der Waals surface area contributed by atoms with Gasteiger partial charge in [0, 0.05) is 6.54 Å². The van der Waals surface area contributed by atoms with E-state index in [-0.39, 0.29) is 6.54 Å². The molecule has 0 aromatic carbocycles. The molecule has 0 fully saturated rings. The molecule has 0 aromatic heterocycles. The van der Waals surface area contributed by atoms with E-state index in [0.29, 0.717) is 13.0 Å². The highest BCUT2D eigenvalue weighted by molar-refractivity contribution is 5.66. The highest BCUT2D eigenvalue weighted by Gasteiger charge is 2.10. The number of hydrogen-bond donors (Lipinski definition) is 5. The molecule has 0 heterocycles. The van der Waals surface area contributed by atoms with Crippen molar-refractivity contribution in [1.82, 2.24) is 10.6 Å². The predicted octanol–water partition coefficient (Wildman–Crippen LogP) is -0.761. The minimum absolute atomic E-state index is 0.0266. The fraction of sp³-hybridized carbons (Fsp3) is 0.667. The topological polar surface area (TPSA) is 125 Å². The van der Waals surface area contributed by atoms with Crippen molar-refractivity contribution < 1.29 is 19.8 Å². The molecule has 13 heavy (non-hydrogen) atoms. The Kier molecular flexibility index (Phi) is 5.37. The number of rotatable bonds is 5. The van der Waals surface area contributed by atoms with Gasteiger partial charge in [0.25, 0.3) is 0 Å². The molecular formula is C6H13N3O4. The third kappa shape index (κ3) is 6.88. The van der Waals surface area contributed by atoms with Crippen LogP contribution in [0.15, 0.2) is 0 Å². The van der Waals surface area contributed by atoms with Crippen LogP contribution in [0.3, 0.4) is 0 Å². The quantitative estimate of drug-likeness (QED) is 0.390. The number of amides is 2. The van der Waals surface area contributed by atoms with Gasteiger partial charge in [0.1, 0.15) is 0 Å². The van der Waals surface area contributed by atoms with Crippen molar-refractivity contribution in [2.24, 2.45) is 5.73 Å². The fourth-order valence-corrected chi connectivity index (χ4v) is 0.812. The molecule has 0 aliphatic heterocycles. The number of hydrogen-bond acceptors (Lipinski definition) is 3. The lowest BCUT2D eigenvalue weighted by atomic mass is 10.2. The highest BCUT2D eigenvalue weighted by atomic mass is 16.4. The summed E-state index contributed by atoms with van der Waals surface area (Å²) in [5, 5.41) is 20.8. The molecule has 0 aliphatic carbocycles. The summed E-state index contributed by atoms with van der Waals surface area (Å²) < 4.78 is 0. The highest BCUT2D eigenvalue weighted by Crippen LogP contribution is 1.88. The van der Waals surface area contributed by atoms with Crippen molar-refractivity contribution in [3.63, 3.8) is 0 Å². The molecule has 0 bridgehead atoms. The van der Waals surface area contributed by atoms with E-state index in [1.165, 1.54) is 0 Å². The Bertz CT molecular complexity index is 185. The van der Waals surface area contributed by atoms with Crippen molar-refractivity contribution in [2.45, 2.75) is 12.5 Å². The van der Waals surface area contributed by atoms with Gasteiger partial charge in [-0.05, 0) is 13.0 Å². The average molecular weight is 191 g/mol. The Hall–Kier alpha value is -1.50. The smallest absolute Gasteiger partial charge is 0.404 e. The molecule has 0 aliphatic rings. The van der Waals surface area contributed by atoms with Gasteiger partial charge in [-0.15, -0.1) is 0 Å². The average Bonchev–Trinajstić information content (AvgIpc) is 1.99. The number of nitrogens with two attached hydrogens (primary N) is 1. The van der Waals surface area contributed by atoms with Gasteiger partial charge in [0.05, 0.1) is 6.04 Å². The summed E-state index contributed by atoms with van der Waals surface area (Å²) in [4.78, 5) is 20.3. The van der Waals surface area contributed by atoms with Gasteiger partial charge in [0.2, 0.25) is 0 Å². The molecule has 0 aromatic rings. The molecule has 76 valence electrons. The zero-order chi connectivity index (χ0) is 10.3. The number of carbonyl (C=O) groups is 2. The summed E-state index contributed by atoms with van der Waals surface area (Å²) in [6.45, 7) is 0.324. The van der Waals surface area contributed by atoms with E-state index in [2.05, 4.69) is 10.6 Å². The van der Waals surface area contributed by atoms with Crippen LogP contribution < -0.4 is 16.4 Å². The van der Waals surface area contributed by atoms with Crippen LogP contribution in [0.2, 0.25) is 0 Å². The van der Waals surface area contributed by atoms with Crippen LogP contribution >= 0.6 is 0 Å². The summed E-state index contributed by atoms with van der Waals surface area (Å²) in [7, 11) is 0. The molecular weight excluding hydrogens is 178 g/mol. The molecule has 0 saturated heterocycles. The standard InChI is InChI=1S/C6H13N3O4/c7-2-1-4(9-6(12)13)3-8-5(10)11/h4,8-9H,1-3,7H2,(H,10,11)(H,12,13)/t4-/m0/s1. The van der Waals surface area contributed by atoms with Gasteiger partial charge >= 0.3 is 12.2 Å². The summed E-state index contributed by atoms with van der Waals surface area (Å²) in [5.74, 6) is 0. The summed E-state index contributed by atoms with van der Waals surface area (Å²) >= 11 is 0. The molecule has 0 rings (SSSR count). The largest absolute Gasteiger partial charge is 0.465 e. The number of nitrogens with one attached hydrogen (secondary N) is 2. The molecule has 2 amide bonds. The Morgan fingerprint density at radius 2 is 1.92 bits per heavy atom. The van der Waals surface area contributed by atoms with Gasteiger partial charge in [-0.1, -0.05) is 0 Å². The Morgan fingerprint density at radius 1 is 1.31 bits per heavy atom. The molecule has 0 unspecified atom stereocenters. The van der Waals surface area contributed by atoms with Crippen LogP contribution in [-0.2, 0) is 0 Å². The first-order valence-corrected chi connectivity index (χ1v) is 3.72. The second-order valence-electron chi connectivity index (χ2n) is 2.41. The zero-order valence-corrected chi connectivity index (χ0v) is 6.99. The maximum absolute atomic E-state index is 10.2. The first kappa shape index (κ1) is 11.5. The van der Waals surface area contributed by atoms with Gasteiger partial charge < -0.3 is 26.6 Å². The Balaban J connectivity index is 3.79. The first-order chi connectivity index (χ1) is 6.06. The zero-order valence-electron chi connectivity index (χ0n) is 6.99. The molecule has 0 saturated carbocycles. The molecule has 0 radical (unpaired) electrons. The molecule has 0 spiro atoms. The van der Waals surface area contributed by atoms with Crippen molar-refractivity contribution in [3.05, 3.63) is 0 Å². The van der Waals surface area contributed by atoms with Crippen molar-refractivity contribution in [3.8, 4) is 0 Å². The minimum Gasteiger partial charge on any atom is -0.465 e. The Labute approximate surface area is 74.9 Å². The van der Waals surface area contributed by atoms with Gasteiger partial charge in [0.15, 0.2) is 0 Å². The van der Waals surface area contributed by atoms with Gasteiger partial charge in [-0.2, -0.15) is 0 Å². The first-order valence-electron chi connectivity index (χ1n) is 3.72. The SMILES string of the molecule is NCC[C@@H](CNC(=O)O)NC(=O)O. The third-order valence-electron chi connectivity index (χ3n) is 1.34. The van der Waals surface area contributed by atoms with E-state index < -0.39 is 18.2 Å². The van der Waals surface area contributed by atoms with E-state index in [4.69, 9.17) is 15.9 Å². The van der Waals surface area contributed by atoms with E-state index in [1.54, 1.807) is 0 Å². The maximum atomic E-state index is 10.2. The van der Waals surface area contributed by atoms with Crippen LogP contribution in [0.25, 0.3) is 0 Å². The van der Waals surface area contributed by atoms with E-state index >= 15 is 0 Å². The van der Waals surface area contributed by atoms with E-state index in [9.17, 15) is 9.59 Å². The lowest BCUT2D eigenvalue weighted by Crippen LogP contribution is -2.43. The van der Waals surface area contributed by atoms with Crippen molar-refractivity contribution >= 4 is 12.2 Å². The second-order valence-corrected chi connectivity index (χ2v) is 2.41. The van der Waals surface area contributed by atoms with Crippen LogP contribution in [0.1, 0.15) is 6.42 Å². The summed E-state index contributed by atoms with van der Waals surface area (Å²) in [5.41, 5.74) is 5.20. The van der Waals surface area contributed by atoms with Gasteiger partial charge in [-0.25, -0.2) is 9.59 Å². The fourth-order valence-electron chi connectivity index (χ4n) is 0.812.